The number of carbonyl (C=O) groups is 2. The van der Waals surface area contributed by atoms with Gasteiger partial charge in [0.15, 0.2) is 0 Å². The maximum atomic E-state index is 11.4. The Morgan fingerprint density at radius 1 is 1.25 bits per heavy atom. The van der Waals surface area contributed by atoms with Crippen molar-refractivity contribution in [1.82, 2.24) is 4.98 Å². The van der Waals surface area contributed by atoms with Crippen LogP contribution in [0.5, 0.6) is 0 Å². The number of carbonyl (C=O) groups excluding carboxylic acids is 2. The smallest absolute Gasteiger partial charge is 0.342 e. The summed E-state index contributed by atoms with van der Waals surface area (Å²) in [7, 11) is 2.37. The monoisotopic (exact) mass is 220 g/mol. The molecule has 0 saturated carbocycles. The summed E-state index contributed by atoms with van der Waals surface area (Å²) in [6, 6.07) is 1.19. The van der Waals surface area contributed by atoms with Crippen molar-refractivity contribution >= 4 is 17.8 Å². The standard InChI is InChI=1S/C10H8N2O4/c1-11-8-4-6(9(13)15-2)7(5-12-8)10(14)16-3/h4-5H,2-3H3. The maximum Gasteiger partial charge on any atom is 0.342 e. The highest BCUT2D eigenvalue weighted by Crippen LogP contribution is 2.16. The molecule has 0 aliphatic rings. The summed E-state index contributed by atoms with van der Waals surface area (Å²) < 4.78 is 8.97. The maximum absolute atomic E-state index is 11.4. The van der Waals surface area contributed by atoms with Crippen molar-refractivity contribution in [3.8, 4) is 0 Å². The van der Waals surface area contributed by atoms with Gasteiger partial charge in [-0.05, 0) is 6.07 Å². The minimum atomic E-state index is -0.715. The third kappa shape index (κ3) is 2.15. The van der Waals surface area contributed by atoms with Crippen LogP contribution in [-0.2, 0) is 9.47 Å². The fourth-order valence-electron chi connectivity index (χ4n) is 1.06. The number of hydrogen-bond donors (Lipinski definition) is 0. The first-order valence-corrected chi connectivity index (χ1v) is 4.18. The number of pyridine rings is 1. The Labute approximate surface area is 91.6 Å². The highest BCUT2D eigenvalue weighted by atomic mass is 16.5. The molecule has 0 fully saturated rings. The second kappa shape index (κ2) is 4.89. The van der Waals surface area contributed by atoms with E-state index in [9.17, 15) is 9.59 Å². The topological polar surface area (TPSA) is 69.9 Å². The Balaban J connectivity index is 3.34. The molecule has 0 aromatic carbocycles. The van der Waals surface area contributed by atoms with Crippen molar-refractivity contribution in [1.29, 1.82) is 0 Å². The van der Waals surface area contributed by atoms with Crippen LogP contribution < -0.4 is 0 Å². The number of ether oxygens (including phenoxy) is 2. The van der Waals surface area contributed by atoms with Crippen LogP contribution in [0, 0.1) is 6.57 Å². The average molecular weight is 220 g/mol. The van der Waals surface area contributed by atoms with Gasteiger partial charge in [0.25, 0.3) is 5.82 Å². The SMILES string of the molecule is [C-]#[N+]c1cc(C(=O)OC)c(C(=O)OC)cn1. The van der Waals surface area contributed by atoms with Gasteiger partial charge in [-0.1, -0.05) is 6.57 Å². The average Bonchev–Trinajstić information content (AvgIpc) is 2.36. The molecule has 6 heteroatoms. The molecular weight excluding hydrogens is 212 g/mol. The summed E-state index contributed by atoms with van der Waals surface area (Å²) in [4.78, 5) is 29.4. The molecule has 1 aromatic rings. The summed E-state index contributed by atoms with van der Waals surface area (Å²) in [6.07, 6.45) is 1.12. The van der Waals surface area contributed by atoms with Crippen LogP contribution in [0.3, 0.4) is 0 Å². The van der Waals surface area contributed by atoms with E-state index in [0.717, 1.165) is 6.20 Å². The van der Waals surface area contributed by atoms with E-state index in [1.807, 2.05) is 0 Å². The lowest BCUT2D eigenvalue weighted by Crippen LogP contribution is -2.12. The second-order valence-electron chi connectivity index (χ2n) is 2.68. The van der Waals surface area contributed by atoms with E-state index < -0.39 is 11.9 Å². The number of nitrogens with zero attached hydrogens (tertiary/aromatic N) is 2. The van der Waals surface area contributed by atoms with Gasteiger partial charge in [0, 0.05) is 0 Å². The van der Waals surface area contributed by atoms with Crippen LogP contribution in [0.15, 0.2) is 12.3 Å². The highest BCUT2D eigenvalue weighted by Gasteiger charge is 2.20. The van der Waals surface area contributed by atoms with E-state index in [2.05, 4.69) is 19.3 Å². The van der Waals surface area contributed by atoms with E-state index in [1.54, 1.807) is 0 Å². The number of rotatable bonds is 2. The number of methoxy groups -OCH3 is 2. The van der Waals surface area contributed by atoms with E-state index >= 15 is 0 Å². The lowest BCUT2D eigenvalue weighted by atomic mass is 10.1. The van der Waals surface area contributed by atoms with Crippen molar-refractivity contribution in [3.05, 3.63) is 34.8 Å². The molecule has 1 rings (SSSR count). The van der Waals surface area contributed by atoms with E-state index in [0.29, 0.717) is 0 Å². The van der Waals surface area contributed by atoms with Crippen molar-refractivity contribution in [2.24, 2.45) is 0 Å². The fraction of sp³-hybridized carbons (Fsp3) is 0.200. The summed E-state index contributed by atoms with van der Waals surface area (Å²) >= 11 is 0. The van der Waals surface area contributed by atoms with E-state index in [-0.39, 0.29) is 16.9 Å². The van der Waals surface area contributed by atoms with Crippen LogP contribution in [-0.4, -0.2) is 31.1 Å². The van der Waals surface area contributed by atoms with Gasteiger partial charge in [-0.2, -0.15) is 0 Å². The summed E-state index contributed by atoms with van der Waals surface area (Å²) in [5.74, 6) is -1.41. The molecule has 0 atom stereocenters. The van der Waals surface area contributed by atoms with Crippen molar-refractivity contribution in [2.45, 2.75) is 0 Å². The zero-order chi connectivity index (χ0) is 12.1. The predicted octanol–water partition coefficient (Wildman–Crippen LogP) is 1.21. The van der Waals surface area contributed by atoms with Crippen molar-refractivity contribution in [3.63, 3.8) is 0 Å². The summed E-state index contributed by atoms with van der Waals surface area (Å²) in [6.45, 7) is 6.76. The Morgan fingerprint density at radius 3 is 2.31 bits per heavy atom. The lowest BCUT2D eigenvalue weighted by molar-refractivity contribution is 0.0555. The Hall–Kier alpha value is -2.42. The van der Waals surface area contributed by atoms with Gasteiger partial charge < -0.3 is 14.3 Å². The van der Waals surface area contributed by atoms with Crippen molar-refractivity contribution < 1.29 is 19.1 Å². The fourth-order valence-corrected chi connectivity index (χ4v) is 1.06. The molecule has 0 bridgehead atoms. The van der Waals surface area contributed by atoms with Gasteiger partial charge in [0.2, 0.25) is 0 Å². The van der Waals surface area contributed by atoms with Gasteiger partial charge in [-0.15, -0.1) is 4.98 Å². The summed E-state index contributed by atoms with van der Waals surface area (Å²) in [5.41, 5.74) is -0.0582. The molecule has 0 saturated heterocycles. The normalized spacial score (nSPS) is 9.06. The van der Waals surface area contributed by atoms with Gasteiger partial charge in [0.05, 0.1) is 19.8 Å². The van der Waals surface area contributed by atoms with Crippen molar-refractivity contribution in [2.75, 3.05) is 14.2 Å². The minimum Gasteiger partial charge on any atom is -0.465 e. The molecular formula is C10H8N2O4. The third-order valence-corrected chi connectivity index (χ3v) is 1.81. The highest BCUT2D eigenvalue weighted by molar-refractivity contribution is 6.03. The minimum absolute atomic E-state index is 0.00746. The number of esters is 2. The van der Waals surface area contributed by atoms with Gasteiger partial charge in [-0.3, -0.25) is 0 Å². The summed E-state index contributed by atoms with van der Waals surface area (Å²) in [5, 5.41) is 0. The molecule has 82 valence electrons. The molecule has 0 radical (unpaired) electrons. The molecule has 0 aliphatic carbocycles. The largest absolute Gasteiger partial charge is 0.465 e. The first-order chi connectivity index (χ1) is 7.63. The Kier molecular flexibility index (Phi) is 3.56. The molecule has 0 unspecified atom stereocenters. The second-order valence-corrected chi connectivity index (χ2v) is 2.68. The van der Waals surface area contributed by atoms with Gasteiger partial charge in [0.1, 0.15) is 11.8 Å². The van der Waals surface area contributed by atoms with Gasteiger partial charge in [-0.25, -0.2) is 9.59 Å². The van der Waals surface area contributed by atoms with Gasteiger partial charge >= 0.3 is 11.9 Å². The van der Waals surface area contributed by atoms with E-state index in [4.69, 9.17) is 6.57 Å². The molecule has 0 amide bonds. The quantitative estimate of drug-likeness (QED) is 0.553. The van der Waals surface area contributed by atoms with E-state index in [1.165, 1.54) is 20.3 Å². The zero-order valence-electron chi connectivity index (χ0n) is 8.68. The van der Waals surface area contributed by atoms with Crippen LogP contribution in [0.25, 0.3) is 4.85 Å². The van der Waals surface area contributed by atoms with Crippen LogP contribution in [0.2, 0.25) is 0 Å². The number of hydrogen-bond acceptors (Lipinski definition) is 5. The lowest BCUT2D eigenvalue weighted by Gasteiger charge is -2.04. The Bertz CT molecular complexity index is 476. The molecule has 0 aliphatic heterocycles. The molecule has 16 heavy (non-hydrogen) atoms. The molecule has 0 spiro atoms. The molecule has 1 aromatic heterocycles. The van der Waals surface area contributed by atoms with Crippen LogP contribution >= 0.6 is 0 Å². The first kappa shape index (κ1) is 11.7. The predicted molar refractivity (Wildman–Crippen MR) is 53.2 cm³/mol. The zero-order valence-corrected chi connectivity index (χ0v) is 8.68. The third-order valence-electron chi connectivity index (χ3n) is 1.81. The first-order valence-electron chi connectivity index (χ1n) is 4.18. The molecule has 6 nitrogen and oxygen atoms in total. The molecule has 0 N–H and O–H groups in total. The Morgan fingerprint density at radius 2 is 1.81 bits per heavy atom. The van der Waals surface area contributed by atoms with Crippen LogP contribution in [0.4, 0.5) is 5.82 Å². The number of aromatic nitrogens is 1. The van der Waals surface area contributed by atoms with Crippen LogP contribution in [0.1, 0.15) is 20.7 Å². The molecule has 1 heterocycles.